The van der Waals surface area contributed by atoms with E-state index in [1.165, 1.54) is 12.8 Å². The third kappa shape index (κ3) is 4.05. The summed E-state index contributed by atoms with van der Waals surface area (Å²) < 4.78 is 5.36. The van der Waals surface area contributed by atoms with Crippen LogP contribution in [0.1, 0.15) is 56.2 Å². The Balaban J connectivity index is 1.51. The van der Waals surface area contributed by atoms with Crippen molar-refractivity contribution in [1.29, 1.82) is 0 Å². The van der Waals surface area contributed by atoms with Crippen LogP contribution in [0.25, 0.3) is 0 Å². The van der Waals surface area contributed by atoms with Gasteiger partial charge < -0.3 is 9.42 Å². The standard InChI is InChI=1S/C15H22BrN3O2/c16-7-1-4-14(20)19-8-2-3-11(10-19)9-13-17-15(18-21-13)12-5-6-12/h11-12H,1-10H2. The Hall–Kier alpha value is -0.910. The first-order valence-electron chi connectivity index (χ1n) is 7.92. The van der Waals surface area contributed by atoms with Gasteiger partial charge in [0, 0.05) is 37.2 Å². The second kappa shape index (κ2) is 6.90. The van der Waals surface area contributed by atoms with E-state index in [1.807, 2.05) is 4.90 Å². The number of likely N-dealkylation sites (tertiary alicyclic amines) is 1. The highest BCUT2D eigenvalue weighted by molar-refractivity contribution is 9.09. The van der Waals surface area contributed by atoms with Gasteiger partial charge in [-0.3, -0.25) is 4.79 Å². The van der Waals surface area contributed by atoms with Gasteiger partial charge in [0.2, 0.25) is 11.8 Å². The molecule has 1 saturated carbocycles. The molecule has 21 heavy (non-hydrogen) atoms. The molecule has 1 aromatic rings. The van der Waals surface area contributed by atoms with E-state index in [0.717, 1.165) is 55.8 Å². The summed E-state index contributed by atoms with van der Waals surface area (Å²) in [6.07, 6.45) is 6.97. The van der Waals surface area contributed by atoms with E-state index in [4.69, 9.17) is 4.52 Å². The molecule has 0 radical (unpaired) electrons. The number of carbonyl (C=O) groups is 1. The minimum absolute atomic E-state index is 0.281. The van der Waals surface area contributed by atoms with Crippen LogP contribution in [0.3, 0.4) is 0 Å². The van der Waals surface area contributed by atoms with Crippen LogP contribution in [0, 0.1) is 5.92 Å². The average Bonchev–Trinajstić information content (AvgIpc) is 3.25. The van der Waals surface area contributed by atoms with Crippen molar-refractivity contribution in [2.24, 2.45) is 5.92 Å². The summed E-state index contributed by atoms with van der Waals surface area (Å²) in [6.45, 7) is 1.73. The van der Waals surface area contributed by atoms with Gasteiger partial charge in [-0.05, 0) is 38.0 Å². The monoisotopic (exact) mass is 355 g/mol. The number of hydrogen-bond donors (Lipinski definition) is 0. The van der Waals surface area contributed by atoms with E-state index in [0.29, 0.717) is 18.3 Å². The van der Waals surface area contributed by atoms with Crippen LogP contribution in [0.4, 0.5) is 0 Å². The first kappa shape index (κ1) is 15.0. The molecule has 2 heterocycles. The smallest absolute Gasteiger partial charge is 0.226 e. The number of aromatic nitrogens is 2. The van der Waals surface area contributed by atoms with E-state index in [1.54, 1.807) is 0 Å². The number of piperidine rings is 1. The van der Waals surface area contributed by atoms with Gasteiger partial charge in [-0.15, -0.1) is 0 Å². The molecule has 2 aliphatic rings. The summed E-state index contributed by atoms with van der Waals surface area (Å²) in [4.78, 5) is 18.6. The highest BCUT2D eigenvalue weighted by Crippen LogP contribution is 2.38. The highest BCUT2D eigenvalue weighted by Gasteiger charge is 2.30. The summed E-state index contributed by atoms with van der Waals surface area (Å²) in [5.74, 6) is 2.90. The van der Waals surface area contributed by atoms with Crippen molar-refractivity contribution in [2.45, 2.75) is 50.9 Å². The molecule has 2 fully saturated rings. The normalized spacial score (nSPS) is 22.5. The number of carbonyl (C=O) groups excluding carboxylic acids is 1. The van der Waals surface area contributed by atoms with Crippen LogP contribution >= 0.6 is 15.9 Å². The molecule has 1 unspecified atom stereocenters. The van der Waals surface area contributed by atoms with Crippen molar-refractivity contribution in [2.75, 3.05) is 18.4 Å². The topological polar surface area (TPSA) is 59.2 Å². The van der Waals surface area contributed by atoms with E-state index in [-0.39, 0.29) is 5.91 Å². The molecule has 1 saturated heterocycles. The Kier molecular flexibility index (Phi) is 4.93. The molecule has 1 aliphatic carbocycles. The Labute approximate surface area is 133 Å². The predicted molar refractivity (Wildman–Crippen MR) is 82.3 cm³/mol. The van der Waals surface area contributed by atoms with Crippen molar-refractivity contribution < 1.29 is 9.32 Å². The number of nitrogens with zero attached hydrogens (tertiary/aromatic N) is 3. The van der Waals surface area contributed by atoms with E-state index in [9.17, 15) is 4.79 Å². The number of amides is 1. The Morgan fingerprint density at radius 1 is 1.38 bits per heavy atom. The van der Waals surface area contributed by atoms with Crippen molar-refractivity contribution in [1.82, 2.24) is 15.0 Å². The molecule has 1 amide bonds. The summed E-state index contributed by atoms with van der Waals surface area (Å²) >= 11 is 3.38. The average molecular weight is 356 g/mol. The quantitative estimate of drug-likeness (QED) is 0.736. The van der Waals surface area contributed by atoms with Crippen LogP contribution in [0.5, 0.6) is 0 Å². The fourth-order valence-corrected chi connectivity index (χ4v) is 3.22. The van der Waals surface area contributed by atoms with Gasteiger partial charge in [-0.1, -0.05) is 21.1 Å². The van der Waals surface area contributed by atoms with Crippen molar-refractivity contribution in [3.8, 4) is 0 Å². The SMILES string of the molecule is O=C(CCCBr)N1CCCC(Cc2nc(C3CC3)no2)C1. The van der Waals surface area contributed by atoms with Crippen molar-refractivity contribution in [3.05, 3.63) is 11.7 Å². The zero-order valence-electron chi connectivity index (χ0n) is 12.3. The molecular weight excluding hydrogens is 334 g/mol. The van der Waals surface area contributed by atoms with E-state index < -0.39 is 0 Å². The molecule has 0 N–H and O–H groups in total. The Bertz CT molecular complexity index is 487. The lowest BCUT2D eigenvalue weighted by Crippen LogP contribution is -2.40. The third-order valence-corrected chi connectivity index (χ3v) is 4.85. The fourth-order valence-electron chi connectivity index (χ4n) is 2.94. The summed E-state index contributed by atoms with van der Waals surface area (Å²) in [6, 6.07) is 0. The molecule has 116 valence electrons. The second-order valence-corrected chi connectivity index (χ2v) is 6.96. The number of halogens is 1. The van der Waals surface area contributed by atoms with Gasteiger partial charge >= 0.3 is 0 Å². The first-order valence-corrected chi connectivity index (χ1v) is 9.04. The van der Waals surface area contributed by atoms with Crippen molar-refractivity contribution >= 4 is 21.8 Å². The maximum atomic E-state index is 12.1. The van der Waals surface area contributed by atoms with E-state index in [2.05, 4.69) is 26.1 Å². The summed E-state index contributed by atoms with van der Waals surface area (Å²) in [5.41, 5.74) is 0. The van der Waals surface area contributed by atoms with E-state index >= 15 is 0 Å². The Morgan fingerprint density at radius 3 is 3.00 bits per heavy atom. The summed E-state index contributed by atoms with van der Waals surface area (Å²) in [7, 11) is 0. The maximum absolute atomic E-state index is 12.1. The maximum Gasteiger partial charge on any atom is 0.226 e. The number of hydrogen-bond acceptors (Lipinski definition) is 4. The lowest BCUT2D eigenvalue weighted by atomic mass is 9.94. The van der Waals surface area contributed by atoms with Gasteiger partial charge in [-0.2, -0.15) is 4.98 Å². The molecule has 6 heteroatoms. The van der Waals surface area contributed by atoms with Crippen molar-refractivity contribution in [3.63, 3.8) is 0 Å². The number of rotatable bonds is 6. The first-order chi connectivity index (χ1) is 10.3. The third-order valence-electron chi connectivity index (χ3n) is 4.29. The van der Waals surface area contributed by atoms with Gasteiger partial charge in [0.05, 0.1) is 0 Å². The minimum atomic E-state index is 0.281. The zero-order chi connectivity index (χ0) is 14.7. The van der Waals surface area contributed by atoms with Crippen LogP contribution in [-0.4, -0.2) is 39.4 Å². The van der Waals surface area contributed by atoms with Crippen LogP contribution in [0.15, 0.2) is 4.52 Å². The number of alkyl halides is 1. The molecule has 1 aromatic heterocycles. The molecule has 1 aliphatic heterocycles. The van der Waals surface area contributed by atoms with Gasteiger partial charge in [0.25, 0.3) is 0 Å². The lowest BCUT2D eigenvalue weighted by Gasteiger charge is -2.32. The molecule has 0 bridgehead atoms. The highest BCUT2D eigenvalue weighted by atomic mass is 79.9. The van der Waals surface area contributed by atoms with Crippen LogP contribution in [-0.2, 0) is 11.2 Å². The van der Waals surface area contributed by atoms with Gasteiger partial charge in [0.1, 0.15) is 0 Å². The molecule has 0 aromatic carbocycles. The molecule has 1 atom stereocenters. The zero-order valence-corrected chi connectivity index (χ0v) is 13.8. The fraction of sp³-hybridized carbons (Fsp3) is 0.800. The van der Waals surface area contributed by atoms with Gasteiger partial charge in [-0.25, -0.2) is 0 Å². The summed E-state index contributed by atoms with van der Waals surface area (Å²) in [5, 5.41) is 4.96. The van der Waals surface area contributed by atoms with Crippen LogP contribution in [0.2, 0.25) is 0 Å². The Morgan fingerprint density at radius 2 is 2.24 bits per heavy atom. The van der Waals surface area contributed by atoms with Gasteiger partial charge in [0.15, 0.2) is 5.82 Å². The molecule has 5 nitrogen and oxygen atoms in total. The molecule has 0 spiro atoms. The molecule has 3 rings (SSSR count). The van der Waals surface area contributed by atoms with Crippen LogP contribution < -0.4 is 0 Å². The minimum Gasteiger partial charge on any atom is -0.342 e. The molecular formula is C15H22BrN3O2. The largest absolute Gasteiger partial charge is 0.342 e. The lowest BCUT2D eigenvalue weighted by molar-refractivity contribution is -0.133. The predicted octanol–water partition coefficient (Wildman–Crippen LogP) is 2.90. The second-order valence-electron chi connectivity index (χ2n) is 6.17.